The highest BCUT2D eigenvalue weighted by atomic mass is 16.4. The van der Waals surface area contributed by atoms with Crippen molar-refractivity contribution in [3.63, 3.8) is 0 Å². The molecule has 1 aliphatic rings. The van der Waals surface area contributed by atoms with Crippen LogP contribution in [0.1, 0.15) is 19.3 Å². The summed E-state index contributed by atoms with van der Waals surface area (Å²) in [5.74, 6) is -0.819. The number of aliphatic carboxylic acids is 1. The van der Waals surface area contributed by atoms with Crippen LogP contribution in [0.5, 0.6) is 0 Å². The zero-order valence-corrected chi connectivity index (χ0v) is 5.58. The van der Waals surface area contributed by atoms with Crippen LogP contribution >= 0.6 is 0 Å². The SMILES string of the molecule is O=C(O)CC1=CC(O)CC1. The Bertz CT molecular complexity index is 172. The second kappa shape index (κ2) is 2.84. The molecule has 1 rings (SSSR count). The van der Waals surface area contributed by atoms with E-state index in [1.807, 2.05) is 0 Å². The molecule has 0 bridgehead atoms. The van der Waals surface area contributed by atoms with E-state index in [0.717, 1.165) is 12.0 Å². The molecule has 10 heavy (non-hydrogen) atoms. The average molecular weight is 142 g/mol. The molecule has 0 spiro atoms. The first-order valence-electron chi connectivity index (χ1n) is 3.28. The van der Waals surface area contributed by atoms with Crippen molar-refractivity contribution in [3.05, 3.63) is 11.6 Å². The molecule has 0 aromatic carbocycles. The summed E-state index contributed by atoms with van der Waals surface area (Å²) < 4.78 is 0. The lowest BCUT2D eigenvalue weighted by Gasteiger charge is -1.92. The van der Waals surface area contributed by atoms with Crippen LogP contribution < -0.4 is 0 Å². The van der Waals surface area contributed by atoms with E-state index in [9.17, 15) is 4.79 Å². The normalized spacial score (nSPS) is 24.5. The monoisotopic (exact) mass is 142 g/mol. The lowest BCUT2D eigenvalue weighted by molar-refractivity contribution is -0.136. The summed E-state index contributed by atoms with van der Waals surface area (Å²) in [4.78, 5) is 10.1. The van der Waals surface area contributed by atoms with E-state index in [0.29, 0.717) is 6.42 Å². The van der Waals surface area contributed by atoms with Gasteiger partial charge in [0.1, 0.15) is 0 Å². The van der Waals surface area contributed by atoms with Gasteiger partial charge in [0.2, 0.25) is 0 Å². The number of aliphatic hydroxyl groups excluding tert-OH is 1. The highest BCUT2D eigenvalue weighted by Crippen LogP contribution is 2.20. The number of carboxylic acids is 1. The fraction of sp³-hybridized carbons (Fsp3) is 0.571. The smallest absolute Gasteiger partial charge is 0.307 e. The Morgan fingerprint density at radius 2 is 2.50 bits per heavy atom. The Hall–Kier alpha value is -0.830. The van der Waals surface area contributed by atoms with Gasteiger partial charge in [-0.15, -0.1) is 0 Å². The van der Waals surface area contributed by atoms with Crippen LogP contribution in [0.25, 0.3) is 0 Å². The molecule has 0 saturated heterocycles. The van der Waals surface area contributed by atoms with E-state index in [1.165, 1.54) is 0 Å². The maximum Gasteiger partial charge on any atom is 0.307 e. The predicted octanol–water partition coefficient (Wildman–Crippen LogP) is 0.542. The van der Waals surface area contributed by atoms with Crippen LogP contribution in [0, 0.1) is 0 Å². The van der Waals surface area contributed by atoms with E-state index in [-0.39, 0.29) is 6.42 Å². The summed E-state index contributed by atoms with van der Waals surface area (Å²) in [7, 11) is 0. The summed E-state index contributed by atoms with van der Waals surface area (Å²) in [5.41, 5.74) is 0.847. The molecule has 0 aromatic heterocycles. The highest BCUT2D eigenvalue weighted by Gasteiger charge is 2.14. The third kappa shape index (κ3) is 1.84. The Morgan fingerprint density at radius 3 is 2.90 bits per heavy atom. The molecule has 0 saturated carbocycles. The van der Waals surface area contributed by atoms with Crippen molar-refractivity contribution in [2.24, 2.45) is 0 Å². The summed E-state index contributed by atoms with van der Waals surface area (Å²) in [5, 5.41) is 17.3. The van der Waals surface area contributed by atoms with Gasteiger partial charge in [-0.1, -0.05) is 11.6 Å². The van der Waals surface area contributed by atoms with Crippen LogP contribution in [0.2, 0.25) is 0 Å². The lowest BCUT2D eigenvalue weighted by atomic mass is 10.2. The van der Waals surface area contributed by atoms with Gasteiger partial charge in [0.05, 0.1) is 12.5 Å². The van der Waals surface area contributed by atoms with Gasteiger partial charge in [-0.25, -0.2) is 0 Å². The molecule has 0 amide bonds. The molecule has 0 aliphatic heterocycles. The number of hydrogen-bond acceptors (Lipinski definition) is 2. The Balaban J connectivity index is 2.43. The summed E-state index contributed by atoms with van der Waals surface area (Å²) in [6, 6.07) is 0. The first-order valence-corrected chi connectivity index (χ1v) is 3.28. The molecule has 0 heterocycles. The van der Waals surface area contributed by atoms with Crippen molar-refractivity contribution in [3.8, 4) is 0 Å². The van der Waals surface area contributed by atoms with Crippen LogP contribution in [-0.2, 0) is 4.79 Å². The Morgan fingerprint density at radius 1 is 1.80 bits per heavy atom. The second-order valence-corrected chi connectivity index (χ2v) is 2.50. The third-order valence-corrected chi connectivity index (χ3v) is 1.57. The number of rotatable bonds is 2. The quantitative estimate of drug-likeness (QED) is 0.553. The minimum atomic E-state index is -0.819. The number of aliphatic hydroxyl groups is 1. The molecular formula is C7H10O3. The van der Waals surface area contributed by atoms with Crippen molar-refractivity contribution in [1.29, 1.82) is 0 Å². The minimum Gasteiger partial charge on any atom is -0.481 e. The molecule has 1 aliphatic carbocycles. The van der Waals surface area contributed by atoms with Gasteiger partial charge in [0, 0.05) is 0 Å². The van der Waals surface area contributed by atoms with E-state index in [1.54, 1.807) is 6.08 Å². The van der Waals surface area contributed by atoms with E-state index < -0.39 is 12.1 Å². The molecule has 2 N–H and O–H groups in total. The van der Waals surface area contributed by atoms with E-state index in [2.05, 4.69) is 0 Å². The van der Waals surface area contributed by atoms with Crippen LogP contribution in [-0.4, -0.2) is 22.3 Å². The molecule has 1 unspecified atom stereocenters. The average Bonchev–Trinajstić information content (AvgIpc) is 2.13. The molecule has 0 radical (unpaired) electrons. The molecule has 1 atom stereocenters. The van der Waals surface area contributed by atoms with Gasteiger partial charge in [0.15, 0.2) is 0 Å². The van der Waals surface area contributed by atoms with Gasteiger partial charge < -0.3 is 10.2 Å². The van der Waals surface area contributed by atoms with Crippen molar-refractivity contribution in [2.45, 2.75) is 25.4 Å². The summed E-state index contributed by atoms with van der Waals surface area (Å²) in [6.45, 7) is 0. The number of carboxylic acid groups (broad SMARTS) is 1. The molecule has 56 valence electrons. The van der Waals surface area contributed by atoms with Gasteiger partial charge >= 0.3 is 5.97 Å². The number of carbonyl (C=O) groups is 1. The highest BCUT2D eigenvalue weighted by molar-refractivity contribution is 5.70. The van der Waals surface area contributed by atoms with E-state index >= 15 is 0 Å². The van der Waals surface area contributed by atoms with Gasteiger partial charge in [-0.2, -0.15) is 0 Å². The predicted molar refractivity (Wildman–Crippen MR) is 35.6 cm³/mol. The first kappa shape index (κ1) is 7.28. The zero-order valence-electron chi connectivity index (χ0n) is 5.58. The topological polar surface area (TPSA) is 57.5 Å². The van der Waals surface area contributed by atoms with E-state index in [4.69, 9.17) is 10.2 Å². The largest absolute Gasteiger partial charge is 0.481 e. The standard InChI is InChI=1S/C7H10O3/c8-6-2-1-5(3-6)4-7(9)10/h3,6,8H,1-2,4H2,(H,9,10). The van der Waals surface area contributed by atoms with Gasteiger partial charge in [-0.3, -0.25) is 4.79 Å². The molecule has 0 aromatic rings. The zero-order chi connectivity index (χ0) is 7.56. The Labute approximate surface area is 59.0 Å². The fourth-order valence-corrected chi connectivity index (χ4v) is 1.11. The maximum atomic E-state index is 10.1. The fourth-order valence-electron chi connectivity index (χ4n) is 1.11. The Kier molecular flexibility index (Phi) is 2.06. The van der Waals surface area contributed by atoms with Crippen molar-refractivity contribution < 1.29 is 15.0 Å². The maximum absolute atomic E-state index is 10.1. The summed E-state index contributed by atoms with van der Waals surface area (Å²) >= 11 is 0. The minimum absolute atomic E-state index is 0.0804. The second-order valence-electron chi connectivity index (χ2n) is 2.50. The van der Waals surface area contributed by atoms with Crippen LogP contribution in [0.3, 0.4) is 0 Å². The summed E-state index contributed by atoms with van der Waals surface area (Å²) in [6.07, 6.45) is 2.72. The molecule has 3 heteroatoms. The van der Waals surface area contributed by atoms with Crippen molar-refractivity contribution in [2.75, 3.05) is 0 Å². The third-order valence-electron chi connectivity index (χ3n) is 1.57. The van der Waals surface area contributed by atoms with Crippen LogP contribution in [0.4, 0.5) is 0 Å². The molecule has 0 fully saturated rings. The molecule has 3 nitrogen and oxygen atoms in total. The van der Waals surface area contributed by atoms with Gasteiger partial charge in [0.25, 0.3) is 0 Å². The number of hydrogen-bond donors (Lipinski definition) is 2. The first-order chi connectivity index (χ1) is 4.68. The molecular weight excluding hydrogens is 132 g/mol. The van der Waals surface area contributed by atoms with Crippen molar-refractivity contribution in [1.82, 2.24) is 0 Å². The van der Waals surface area contributed by atoms with Crippen molar-refractivity contribution >= 4 is 5.97 Å². The van der Waals surface area contributed by atoms with Gasteiger partial charge in [-0.05, 0) is 12.8 Å². The van der Waals surface area contributed by atoms with Crippen LogP contribution in [0.15, 0.2) is 11.6 Å². The lowest BCUT2D eigenvalue weighted by Crippen LogP contribution is -1.95.